The van der Waals surface area contributed by atoms with E-state index in [-0.39, 0.29) is 30.5 Å². The second-order valence-corrected chi connectivity index (χ2v) is 9.48. The van der Waals surface area contributed by atoms with Crippen LogP contribution in [0, 0.1) is 5.92 Å². The summed E-state index contributed by atoms with van der Waals surface area (Å²) in [4.78, 5) is 11.1. The number of aliphatic hydroxyl groups is 1. The third-order valence-electron chi connectivity index (χ3n) is 5.34. The minimum absolute atomic E-state index is 0.0366. The number of esters is 1. The van der Waals surface area contributed by atoms with Crippen LogP contribution in [-0.2, 0) is 28.8 Å². The second-order valence-electron chi connectivity index (χ2n) is 7.21. The van der Waals surface area contributed by atoms with Crippen molar-refractivity contribution >= 4 is 15.8 Å². The molecule has 0 bridgehead atoms. The van der Waals surface area contributed by atoms with Gasteiger partial charge in [-0.15, -0.1) is 0 Å². The van der Waals surface area contributed by atoms with E-state index in [2.05, 4.69) is 4.74 Å². The average molecular weight is 393 g/mol. The molecular formula is C18H32O7S. The van der Waals surface area contributed by atoms with Gasteiger partial charge in [-0.25, -0.2) is 8.42 Å². The summed E-state index contributed by atoms with van der Waals surface area (Å²) >= 11 is 0. The second kappa shape index (κ2) is 10.6. The first-order valence-corrected chi connectivity index (χ1v) is 11.4. The van der Waals surface area contributed by atoms with Crippen LogP contribution in [-0.4, -0.2) is 63.2 Å². The van der Waals surface area contributed by atoms with E-state index in [0.29, 0.717) is 19.4 Å². The molecule has 2 saturated heterocycles. The van der Waals surface area contributed by atoms with E-state index in [1.807, 2.05) is 0 Å². The molecule has 152 valence electrons. The summed E-state index contributed by atoms with van der Waals surface area (Å²) in [6, 6.07) is 0. The summed E-state index contributed by atoms with van der Waals surface area (Å²) in [5, 5.41) is 9.21. The van der Waals surface area contributed by atoms with E-state index in [1.54, 1.807) is 0 Å². The molecule has 2 aliphatic heterocycles. The molecule has 0 aliphatic carbocycles. The standard InChI is InChI=1S/C18H32O7S/c1-23-17(20)9-5-3-2-4-8-16-14(12-19)15(13-26(16,21)22)25-18-10-6-7-11-24-18/h14-16,18-19H,2-13H2,1H3/t14-,15+,16+,18?/m1/s1. The monoisotopic (exact) mass is 392 g/mol. The number of rotatable bonds is 10. The van der Waals surface area contributed by atoms with Gasteiger partial charge in [0.25, 0.3) is 0 Å². The molecule has 0 aromatic heterocycles. The average Bonchev–Trinajstić information content (AvgIpc) is 2.87. The van der Waals surface area contributed by atoms with E-state index >= 15 is 0 Å². The number of ether oxygens (including phenoxy) is 3. The van der Waals surface area contributed by atoms with Crippen LogP contribution in [0.25, 0.3) is 0 Å². The molecule has 2 fully saturated rings. The van der Waals surface area contributed by atoms with E-state index < -0.39 is 21.2 Å². The third-order valence-corrected chi connectivity index (χ3v) is 7.64. The van der Waals surface area contributed by atoms with E-state index in [0.717, 1.165) is 44.9 Å². The molecule has 0 amide bonds. The van der Waals surface area contributed by atoms with Crippen LogP contribution in [0.4, 0.5) is 0 Å². The van der Waals surface area contributed by atoms with Gasteiger partial charge in [0.15, 0.2) is 16.1 Å². The van der Waals surface area contributed by atoms with E-state index in [9.17, 15) is 18.3 Å². The number of unbranched alkanes of at least 4 members (excludes halogenated alkanes) is 3. The zero-order valence-corrected chi connectivity index (χ0v) is 16.4. The summed E-state index contributed by atoms with van der Waals surface area (Å²) < 4.78 is 41.1. The van der Waals surface area contributed by atoms with Crippen LogP contribution in [0.15, 0.2) is 0 Å². The van der Waals surface area contributed by atoms with Gasteiger partial charge in [0.1, 0.15) is 0 Å². The Hall–Kier alpha value is -0.700. The van der Waals surface area contributed by atoms with Crippen LogP contribution in [0.1, 0.15) is 57.8 Å². The number of carbonyl (C=O) groups is 1. The smallest absolute Gasteiger partial charge is 0.305 e. The van der Waals surface area contributed by atoms with Crippen molar-refractivity contribution in [3.05, 3.63) is 0 Å². The number of hydrogen-bond acceptors (Lipinski definition) is 7. The van der Waals surface area contributed by atoms with Crippen molar-refractivity contribution in [3.63, 3.8) is 0 Å². The zero-order valence-electron chi connectivity index (χ0n) is 15.6. The molecule has 8 heteroatoms. The number of methoxy groups -OCH3 is 1. The number of sulfone groups is 1. The van der Waals surface area contributed by atoms with Gasteiger partial charge in [-0.2, -0.15) is 0 Å². The maximum absolute atomic E-state index is 12.5. The van der Waals surface area contributed by atoms with Gasteiger partial charge in [-0.1, -0.05) is 19.3 Å². The summed E-state index contributed by atoms with van der Waals surface area (Å²) in [6.07, 6.45) is 6.11. The molecule has 0 spiro atoms. The highest BCUT2D eigenvalue weighted by Crippen LogP contribution is 2.34. The topological polar surface area (TPSA) is 99.1 Å². The van der Waals surface area contributed by atoms with Crippen LogP contribution >= 0.6 is 0 Å². The minimum Gasteiger partial charge on any atom is -0.469 e. The van der Waals surface area contributed by atoms with Gasteiger partial charge >= 0.3 is 5.97 Å². The largest absolute Gasteiger partial charge is 0.469 e. The van der Waals surface area contributed by atoms with Crippen molar-refractivity contribution in [2.24, 2.45) is 5.92 Å². The highest BCUT2D eigenvalue weighted by molar-refractivity contribution is 7.92. The normalized spacial score (nSPS) is 31.0. The molecule has 4 atom stereocenters. The molecule has 26 heavy (non-hydrogen) atoms. The molecule has 7 nitrogen and oxygen atoms in total. The first-order valence-electron chi connectivity index (χ1n) is 9.64. The first kappa shape index (κ1) is 21.6. The SMILES string of the molecule is COC(=O)CCCCCC[C@H]1[C@H](CO)[C@@H](OC2CCCCO2)CS1(=O)=O. The molecule has 0 aromatic carbocycles. The fraction of sp³-hybridized carbons (Fsp3) is 0.944. The summed E-state index contributed by atoms with van der Waals surface area (Å²) in [5.74, 6) is -0.639. The Morgan fingerprint density at radius 1 is 1.19 bits per heavy atom. The highest BCUT2D eigenvalue weighted by atomic mass is 32.2. The van der Waals surface area contributed by atoms with Crippen molar-refractivity contribution in [1.82, 2.24) is 0 Å². The highest BCUT2D eigenvalue weighted by Gasteiger charge is 2.47. The zero-order chi connectivity index (χ0) is 19.0. The predicted molar refractivity (Wildman–Crippen MR) is 96.3 cm³/mol. The molecule has 1 unspecified atom stereocenters. The third kappa shape index (κ3) is 6.18. The predicted octanol–water partition coefficient (Wildman–Crippen LogP) is 1.82. The first-order chi connectivity index (χ1) is 12.5. The van der Waals surface area contributed by atoms with Crippen molar-refractivity contribution in [3.8, 4) is 0 Å². The molecule has 2 heterocycles. The molecule has 2 rings (SSSR count). The van der Waals surface area contributed by atoms with Gasteiger partial charge in [-0.05, 0) is 32.1 Å². The Bertz CT molecular complexity index is 528. The van der Waals surface area contributed by atoms with Crippen LogP contribution in [0.5, 0.6) is 0 Å². The molecule has 1 N–H and O–H groups in total. The van der Waals surface area contributed by atoms with Crippen LogP contribution in [0.2, 0.25) is 0 Å². The van der Waals surface area contributed by atoms with Gasteiger partial charge in [0, 0.05) is 25.6 Å². The number of hydrogen-bond donors (Lipinski definition) is 1. The van der Waals surface area contributed by atoms with Crippen LogP contribution < -0.4 is 0 Å². The lowest BCUT2D eigenvalue weighted by atomic mass is 9.96. The molecule has 0 radical (unpaired) electrons. The summed E-state index contributed by atoms with van der Waals surface area (Å²) in [6.45, 7) is 0.451. The maximum Gasteiger partial charge on any atom is 0.305 e. The Labute approximate surface area is 156 Å². The lowest BCUT2D eigenvalue weighted by Crippen LogP contribution is -2.35. The molecule has 0 aromatic rings. The lowest BCUT2D eigenvalue weighted by molar-refractivity contribution is -0.193. The van der Waals surface area contributed by atoms with E-state index in [4.69, 9.17) is 9.47 Å². The van der Waals surface area contributed by atoms with Gasteiger partial charge in [0.2, 0.25) is 0 Å². The lowest BCUT2D eigenvalue weighted by Gasteiger charge is -2.28. The maximum atomic E-state index is 12.5. The Morgan fingerprint density at radius 3 is 2.62 bits per heavy atom. The fourth-order valence-corrected chi connectivity index (χ4v) is 6.19. The Morgan fingerprint density at radius 2 is 1.96 bits per heavy atom. The van der Waals surface area contributed by atoms with Crippen molar-refractivity contribution in [2.75, 3.05) is 26.1 Å². The van der Waals surface area contributed by atoms with Gasteiger partial charge < -0.3 is 19.3 Å². The number of carbonyl (C=O) groups excluding carboxylic acids is 1. The molecule has 2 aliphatic rings. The van der Waals surface area contributed by atoms with E-state index in [1.165, 1.54) is 7.11 Å². The Kier molecular flexibility index (Phi) is 8.79. The summed E-state index contributed by atoms with van der Waals surface area (Å²) in [5.41, 5.74) is 0. The van der Waals surface area contributed by atoms with Gasteiger partial charge in [-0.3, -0.25) is 4.79 Å². The number of aliphatic hydroxyl groups excluding tert-OH is 1. The van der Waals surface area contributed by atoms with Crippen molar-refractivity contribution < 1.29 is 32.5 Å². The molecular weight excluding hydrogens is 360 g/mol. The molecule has 0 saturated carbocycles. The fourth-order valence-electron chi connectivity index (χ4n) is 3.83. The van der Waals surface area contributed by atoms with Crippen molar-refractivity contribution in [2.45, 2.75) is 75.4 Å². The summed E-state index contributed by atoms with van der Waals surface area (Å²) in [7, 11) is -1.90. The minimum atomic E-state index is -3.27. The quantitative estimate of drug-likeness (QED) is 0.447. The van der Waals surface area contributed by atoms with Crippen LogP contribution in [0.3, 0.4) is 0 Å². The van der Waals surface area contributed by atoms with Crippen molar-refractivity contribution in [1.29, 1.82) is 0 Å². The Balaban J connectivity index is 1.79. The van der Waals surface area contributed by atoms with Gasteiger partial charge in [0.05, 0.1) is 24.2 Å².